The van der Waals surface area contributed by atoms with Gasteiger partial charge in [0.15, 0.2) is 15.0 Å². The third-order valence-electron chi connectivity index (χ3n) is 4.98. The summed E-state index contributed by atoms with van der Waals surface area (Å²) in [5.74, 6) is 0.0732. The van der Waals surface area contributed by atoms with Crippen molar-refractivity contribution in [1.82, 2.24) is 14.5 Å². The maximum Gasteiger partial charge on any atom is 0.262 e. The highest BCUT2D eigenvalue weighted by Crippen LogP contribution is 2.22. The fourth-order valence-electron chi connectivity index (χ4n) is 3.51. The lowest BCUT2D eigenvalue weighted by atomic mass is 10.2. The molecule has 2 heterocycles. The number of rotatable bonds is 8. The lowest BCUT2D eigenvalue weighted by Crippen LogP contribution is -2.42. The van der Waals surface area contributed by atoms with Gasteiger partial charge in [0.05, 0.1) is 41.3 Å². The van der Waals surface area contributed by atoms with Gasteiger partial charge >= 0.3 is 0 Å². The van der Waals surface area contributed by atoms with E-state index in [1.165, 1.54) is 16.3 Å². The summed E-state index contributed by atoms with van der Waals surface area (Å²) >= 11 is 1.19. The molecule has 0 aliphatic carbocycles. The molecule has 1 aromatic heterocycles. The van der Waals surface area contributed by atoms with Crippen LogP contribution >= 0.6 is 11.8 Å². The van der Waals surface area contributed by atoms with Crippen LogP contribution < -0.4 is 5.56 Å². The minimum Gasteiger partial charge on any atom is -0.383 e. The quantitative estimate of drug-likeness (QED) is 0.450. The number of amides is 1. The highest BCUT2D eigenvalue weighted by Gasteiger charge is 2.33. The summed E-state index contributed by atoms with van der Waals surface area (Å²) in [6.45, 7) is 2.97. The summed E-state index contributed by atoms with van der Waals surface area (Å²) in [6.07, 6.45) is 0.472. The Balaban J connectivity index is 1.81. The number of carbonyl (C=O) groups is 1. The van der Waals surface area contributed by atoms with Gasteiger partial charge in [-0.2, -0.15) is 0 Å². The van der Waals surface area contributed by atoms with Gasteiger partial charge in [-0.1, -0.05) is 23.9 Å². The number of para-hydroxylation sites is 1. The molecule has 1 saturated heterocycles. The molecule has 2 aromatic rings. The number of carbonyl (C=O) groups excluding carboxylic acids is 1. The number of aromatic nitrogens is 2. The van der Waals surface area contributed by atoms with Gasteiger partial charge in [0.1, 0.15) is 0 Å². The van der Waals surface area contributed by atoms with E-state index >= 15 is 0 Å². The molecule has 0 bridgehead atoms. The Kier molecular flexibility index (Phi) is 6.97. The normalized spacial score (nSPS) is 18.2. The van der Waals surface area contributed by atoms with Crippen LogP contribution in [0, 0.1) is 0 Å². The molecule has 0 saturated carbocycles. The first kappa shape index (κ1) is 21.8. The van der Waals surface area contributed by atoms with Crippen LogP contribution in [0.15, 0.2) is 34.2 Å². The lowest BCUT2D eigenvalue weighted by Gasteiger charge is -2.26. The van der Waals surface area contributed by atoms with Crippen molar-refractivity contribution in [3.63, 3.8) is 0 Å². The second kappa shape index (κ2) is 9.27. The Morgan fingerprint density at radius 1 is 1.38 bits per heavy atom. The fourth-order valence-corrected chi connectivity index (χ4v) is 6.15. The third kappa shape index (κ3) is 4.99. The van der Waals surface area contributed by atoms with Crippen molar-refractivity contribution in [3.8, 4) is 0 Å². The molecule has 0 unspecified atom stereocenters. The summed E-state index contributed by atoms with van der Waals surface area (Å²) in [5, 5.41) is 0.972. The molecule has 1 fully saturated rings. The number of hydrogen-bond acceptors (Lipinski definition) is 7. The van der Waals surface area contributed by atoms with Gasteiger partial charge in [-0.15, -0.1) is 0 Å². The number of benzene rings is 1. The van der Waals surface area contributed by atoms with Crippen LogP contribution in [0.3, 0.4) is 0 Å². The molecule has 0 spiro atoms. The van der Waals surface area contributed by atoms with E-state index in [2.05, 4.69) is 4.98 Å². The standard InChI is InChI=1S/C19H25N3O5S2/c1-3-21(14-8-11-29(25,26)13-14)17(23)12-28-19-20-16-7-5-4-6-15(16)18(24)22(19)9-10-27-2/h4-7,14H,3,8-13H2,1-2H3/t14-/m0/s1. The molecule has 0 radical (unpaired) electrons. The Morgan fingerprint density at radius 2 is 2.14 bits per heavy atom. The van der Waals surface area contributed by atoms with Crippen LogP contribution in [0.1, 0.15) is 13.3 Å². The van der Waals surface area contributed by atoms with Crippen LogP contribution in [-0.4, -0.2) is 72.3 Å². The molecule has 158 valence electrons. The van der Waals surface area contributed by atoms with Gasteiger partial charge in [0.25, 0.3) is 5.56 Å². The van der Waals surface area contributed by atoms with Gasteiger partial charge in [0, 0.05) is 19.7 Å². The molecule has 0 N–H and O–H groups in total. The molecule has 3 rings (SSSR count). The summed E-state index contributed by atoms with van der Waals surface area (Å²) < 4.78 is 30.2. The van der Waals surface area contributed by atoms with Crippen molar-refractivity contribution < 1.29 is 17.9 Å². The predicted octanol–water partition coefficient (Wildman–Crippen LogP) is 1.17. The molecule has 1 amide bonds. The zero-order chi connectivity index (χ0) is 21.0. The van der Waals surface area contributed by atoms with E-state index in [1.807, 2.05) is 13.0 Å². The number of sulfone groups is 1. The summed E-state index contributed by atoms with van der Waals surface area (Å²) in [6, 6.07) is 6.82. The molecular formula is C19H25N3O5S2. The van der Waals surface area contributed by atoms with E-state index in [0.717, 1.165) is 0 Å². The van der Waals surface area contributed by atoms with E-state index in [-0.39, 0.29) is 34.8 Å². The summed E-state index contributed by atoms with van der Waals surface area (Å²) in [5.41, 5.74) is 0.409. The van der Waals surface area contributed by atoms with Gasteiger partial charge in [-0.3, -0.25) is 14.2 Å². The smallest absolute Gasteiger partial charge is 0.262 e. The van der Waals surface area contributed by atoms with Crippen molar-refractivity contribution >= 4 is 38.4 Å². The first-order valence-corrected chi connectivity index (χ1v) is 12.3. The summed E-state index contributed by atoms with van der Waals surface area (Å²) in [7, 11) is -1.51. The van der Waals surface area contributed by atoms with Gasteiger partial charge in [0.2, 0.25) is 5.91 Å². The van der Waals surface area contributed by atoms with Crippen molar-refractivity contribution in [2.75, 3.05) is 37.5 Å². The van der Waals surface area contributed by atoms with Gasteiger partial charge in [-0.25, -0.2) is 13.4 Å². The van der Waals surface area contributed by atoms with Crippen LogP contribution in [0.4, 0.5) is 0 Å². The molecule has 1 aliphatic heterocycles. The molecule has 1 aliphatic rings. The number of ether oxygens (including phenoxy) is 1. The zero-order valence-corrected chi connectivity index (χ0v) is 18.2. The Morgan fingerprint density at radius 3 is 2.79 bits per heavy atom. The predicted molar refractivity (Wildman–Crippen MR) is 113 cm³/mol. The average Bonchev–Trinajstić information content (AvgIpc) is 3.05. The second-order valence-electron chi connectivity index (χ2n) is 6.89. The van der Waals surface area contributed by atoms with Crippen LogP contribution in [0.5, 0.6) is 0 Å². The molecule has 10 heteroatoms. The lowest BCUT2D eigenvalue weighted by molar-refractivity contribution is -0.129. The highest BCUT2D eigenvalue weighted by molar-refractivity contribution is 7.99. The molecule has 1 aromatic carbocycles. The minimum atomic E-state index is -3.07. The number of fused-ring (bicyclic) bond motifs is 1. The zero-order valence-electron chi connectivity index (χ0n) is 16.5. The van der Waals surface area contributed by atoms with E-state index < -0.39 is 9.84 Å². The van der Waals surface area contributed by atoms with Crippen molar-refractivity contribution in [2.24, 2.45) is 0 Å². The van der Waals surface area contributed by atoms with Crippen LogP contribution in [0.2, 0.25) is 0 Å². The SMILES string of the molecule is CCN(C(=O)CSc1nc2ccccc2c(=O)n1CCOC)[C@H]1CCS(=O)(=O)C1. The average molecular weight is 440 g/mol. The topological polar surface area (TPSA) is 98.6 Å². The first-order chi connectivity index (χ1) is 13.9. The van der Waals surface area contributed by atoms with E-state index in [0.29, 0.717) is 42.2 Å². The first-order valence-electron chi connectivity index (χ1n) is 9.47. The fraction of sp³-hybridized carbons (Fsp3) is 0.526. The Hall–Kier alpha value is -1.91. The number of hydrogen-bond donors (Lipinski definition) is 0. The molecule has 29 heavy (non-hydrogen) atoms. The van der Waals surface area contributed by atoms with Crippen molar-refractivity contribution in [2.45, 2.75) is 31.1 Å². The molecular weight excluding hydrogens is 414 g/mol. The molecule has 1 atom stereocenters. The monoisotopic (exact) mass is 439 g/mol. The Labute approximate surface area is 174 Å². The number of thioether (sulfide) groups is 1. The largest absolute Gasteiger partial charge is 0.383 e. The number of methoxy groups -OCH3 is 1. The third-order valence-corrected chi connectivity index (χ3v) is 7.69. The molecule has 8 nitrogen and oxygen atoms in total. The van der Waals surface area contributed by atoms with Crippen LogP contribution in [-0.2, 0) is 25.9 Å². The van der Waals surface area contributed by atoms with Crippen LogP contribution in [0.25, 0.3) is 10.9 Å². The highest BCUT2D eigenvalue weighted by atomic mass is 32.2. The maximum atomic E-state index is 12.9. The Bertz CT molecular complexity index is 1050. The van der Waals surface area contributed by atoms with E-state index in [4.69, 9.17) is 4.74 Å². The van der Waals surface area contributed by atoms with Crippen molar-refractivity contribution in [1.29, 1.82) is 0 Å². The van der Waals surface area contributed by atoms with E-state index in [9.17, 15) is 18.0 Å². The van der Waals surface area contributed by atoms with Gasteiger partial charge in [-0.05, 0) is 25.5 Å². The van der Waals surface area contributed by atoms with E-state index in [1.54, 1.807) is 30.2 Å². The summed E-state index contributed by atoms with van der Waals surface area (Å²) in [4.78, 5) is 31.8. The number of nitrogens with zero attached hydrogens (tertiary/aromatic N) is 3. The second-order valence-corrected chi connectivity index (χ2v) is 10.1. The van der Waals surface area contributed by atoms with Crippen molar-refractivity contribution in [3.05, 3.63) is 34.6 Å². The maximum absolute atomic E-state index is 12.9. The minimum absolute atomic E-state index is 0.0179. The van der Waals surface area contributed by atoms with Gasteiger partial charge < -0.3 is 9.64 Å².